The van der Waals surface area contributed by atoms with Crippen molar-refractivity contribution in [1.82, 2.24) is 0 Å². The first-order valence-electron chi connectivity index (χ1n) is 6.88. The first kappa shape index (κ1) is 11.9. The molecule has 0 aromatic rings. The van der Waals surface area contributed by atoms with Gasteiger partial charge < -0.3 is 14.6 Å². The summed E-state index contributed by atoms with van der Waals surface area (Å²) in [6.45, 7) is 12.5. The van der Waals surface area contributed by atoms with Crippen molar-refractivity contribution in [3.8, 4) is 0 Å². The summed E-state index contributed by atoms with van der Waals surface area (Å²) in [5.74, 6) is 0.428. The fourth-order valence-corrected chi connectivity index (χ4v) is 4.34. The van der Waals surface area contributed by atoms with Crippen molar-refractivity contribution in [2.45, 2.75) is 70.9 Å². The summed E-state index contributed by atoms with van der Waals surface area (Å²) in [7, 11) is 1.73. The molecule has 3 heteroatoms. The highest BCUT2D eigenvalue weighted by Gasteiger charge is 2.76. The molecule has 1 saturated heterocycles. The van der Waals surface area contributed by atoms with E-state index in [1.165, 1.54) is 0 Å². The molecule has 4 atom stereocenters. The van der Waals surface area contributed by atoms with E-state index in [0.29, 0.717) is 5.92 Å². The monoisotopic (exact) mass is 244 g/mol. The Hall–Kier alpha value is -0.120. The lowest BCUT2D eigenvalue weighted by Gasteiger charge is -2.57. The molecule has 2 bridgehead atoms. The standard InChI is InChI=1S/C14H26O3/c1-9-10-8-14(17-9,12(4,5)15)13(6,16-7)11(10,2)3/h9-10,15H,8H2,1-7H3/t9-,10?,13+,14?/m0/s1/i15T. The minimum Gasteiger partial charge on any atom is -0.387 e. The van der Waals surface area contributed by atoms with E-state index in [1.54, 1.807) is 7.11 Å². The molecule has 1 saturated carbocycles. The molecule has 1 aliphatic heterocycles. The van der Waals surface area contributed by atoms with Crippen molar-refractivity contribution in [2.75, 3.05) is 7.11 Å². The fraction of sp³-hybridized carbons (Fsp3) is 1.00. The van der Waals surface area contributed by atoms with Gasteiger partial charge in [-0.2, -0.15) is 0 Å². The first-order valence-corrected chi connectivity index (χ1v) is 6.47. The third-order valence-electron chi connectivity index (χ3n) is 5.77. The average molecular weight is 244 g/mol. The largest absolute Gasteiger partial charge is 0.387 e. The van der Waals surface area contributed by atoms with Crippen LogP contribution in [-0.2, 0) is 9.47 Å². The Balaban J connectivity index is 2.59. The summed E-state index contributed by atoms with van der Waals surface area (Å²) in [5.41, 5.74) is -1.73. The van der Waals surface area contributed by atoms with Crippen LogP contribution >= 0.6 is 0 Å². The van der Waals surface area contributed by atoms with E-state index in [2.05, 4.69) is 27.7 Å². The molecule has 0 amide bonds. The third-order valence-corrected chi connectivity index (χ3v) is 5.77. The highest BCUT2D eigenvalue weighted by atomic mass is 16.6. The topological polar surface area (TPSA) is 38.7 Å². The lowest BCUT2D eigenvalue weighted by molar-refractivity contribution is -0.294. The van der Waals surface area contributed by atoms with Crippen molar-refractivity contribution in [2.24, 2.45) is 11.3 Å². The average Bonchev–Trinajstić information content (AvgIpc) is 2.74. The van der Waals surface area contributed by atoms with Gasteiger partial charge in [-0.3, -0.25) is 0 Å². The Labute approximate surface area is 106 Å². The molecule has 100 valence electrons. The van der Waals surface area contributed by atoms with Crippen LogP contribution in [0.25, 0.3) is 0 Å². The van der Waals surface area contributed by atoms with Crippen LogP contribution in [0.15, 0.2) is 0 Å². The van der Waals surface area contributed by atoms with Crippen LogP contribution in [0.4, 0.5) is 0 Å². The van der Waals surface area contributed by atoms with E-state index >= 15 is 0 Å². The van der Waals surface area contributed by atoms with Crippen LogP contribution < -0.4 is 0 Å². The van der Waals surface area contributed by atoms with Gasteiger partial charge in [0.1, 0.15) is 11.2 Å². The quantitative estimate of drug-likeness (QED) is 0.828. The fourth-order valence-electron chi connectivity index (χ4n) is 4.34. The van der Waals surface area contributed by atoms with Gasteiger partial charge in [0.15, 0.2) is 0 Å². The molecule has 17 heavy (non-hydrogen) atoms. The molecule has 2 unspecified atom stereocenters. The molecule has 1 heterocycles. The second-order valence-corrected chi connectivity index (χ2v) is 6.93. The highest BCUT2D eigenvalue weighted by molar-refractivity contribution is 5.26. The minimum atomic E-state index is -0.700. The Morgan fingerprint density at radius 1 is 1.41 bits per heavy atom. The summed E-state index contributed by atoms with van der Waals surface area (Å²) >= 11 is 0. The zero-order chi connectivity index (χ0) is 14.0. The summed E-state index contributed by atoms with van der Waals surface area (Å²) < 4.78 is 19.6. The Bertz CT molecular complexity index is 355. The number of rotatable bonds is 3. The van der Waals surface area contributed by atoms with Gasteiger partial charge in [-0.25, -0.2) is 0 Å². The molecule has 1 N–H and O–H groups in total. The van der Waals surface area contributed by atoms with Crippen LogP contribution in [0.2, 0.25) is 0 Å². The molecule has 3 nitrogen and oxygen atoms in total. The molecular weight excluding hydrogens is 216 g/mol. The number of fused-ring (bicyclic) bond motifs is 2. The summed E-state index contributed by atoms with van der Waals surface area (Å²) in [4.78, 5) is 0. The van der Waals surface area contributed by atoms with E-state index in [9.17, 15) is 0 Å². The SMILES string of the molecule is [3H]OC(C)(C)C12CC([C@H](C)O1)C(C)(C)[C@@]2(C)OC. The normalized spacial score (nSPS) is 49.5. The van der Waals surface area contributed by atoms with Crippen molar-refractivity contribution in [3.63, 3.8) is 0 Å². The van der Waals surface area contributed by atoms with Gasteiger partial charge in [0.25, 0.3) is 0 Å². The van der Waals surface area contributed by atoms with Crippen LogP contribution in [0.1, 0.15) is 48.0 Å². The van der Waals surface area contributed by atoms with E-state index in [-0.39, 0.29) is 11.5 Å². The van der Waals surface area contributed by atoms with E-state index in [1.807, 2.05) is 13.8 Å². The Morgan fingerprint density at radius 3 is 2.47 bits per heavy atom. The van der Waals surface area contributed by atoms with Crippen LogP contribution in [0.5, 0.6) is 0 Å². The van der Waals surface area contributed by atoms with Crippen LogP contribution in [0.3, 0.4) is 0 Å². The van der Waals surface area contributed by atoms with Crippen molar-refractivity contribution in [3.05, 3.63) is 0 Å². The molecule has 2 rings (SSSR count). The molecule has 0 aromatic heterocycles. The van der Waals surface area contributed by atoms with Gasteiger partial charge in [0.2, 0.25) is 1.43 Å². The summed E-state index contributed by atoms with van der Waals surface area (Å²) in [5, 5.41) is 5.03. The van der Waals surface area contributed by atoms with Crippen molar-refractivity contribution < 1.29 is 14.6 Å². The zero-order valence-electron chi connectivity index (χ0n) is 13.1. The molecule has 1 aliphatic carbocycles. The maximum absolute atomic E-state index is 7.43. The summed E-state index contributed by atoms with van der Waals surface area (Å²) in [6, 6.07) is 0. The van der Waals surface area contributed by atoms with Crippen molar-refractivity contribution >= 4 is 0 Å². The predicted molar refractivity (Wildman–Crippen MR) is 66.9 cm³/mol. The molecule has 0 radical (unpaired) electrons. The summed E-state index contributed by atoms with van der Waals surface area (Å²) in [6.07, 6.45) is 1.06. The molecule has 0 aromatic carbocycles. The second kappa shape index (κ2) is 3.25. The minimum absolute atomic E-state index is 0.00475. The molecule has 2 fully saturated rings. The number of hydrogen-bond donors (Lipinski definition) is 1. The number of hydrogen-bond acceptors (Lipinski definition) is 3. The number of methoxy groups -OCH3 is 1. The molecule has 2 aliphatic rings. The zero-order valence-corrected chi connectivity index (χ0v) is 12.1. The van der Waals surface area contributed by atoms with Crippen LogP contribution in [0, 0.1) is 11.3 Å². The van der Waals surface area contributed by atoms with Crippen molar-refractivity contribution in [1.29, 1.82) is 1.43 Å². The maximum Gasteiger partial charge on any atom is 0.211 e. The Kier molecular flexibility index (Phi) is 2.28. The van der Waals surface area contributed by atoms with Gasteiger partial charge in [-0.05, 0) is 40.0 Å². The molecular formula is C14H26O3. The first-order chi connectivity index (χ1) is 8.09. The van der Waals surface area contributed by atoms with Gasteiger partial charge in [0, 0.05) is 12.5 Å². The second-order valence-electron chi connectivity index (χ2n) is 6.93. The third kappa shape index (κ3) is 1.23. The van der Waals surface area contributed by atoms with Gasteiger partial charge in [-0.1, -0.05) is 13.8 Å². The van der Waals surface area contributed by atoms with E-state index in [0.717, 1.165) is 6.42 Å². The smallest absolute Gasteiger partial charge is 0.211 e. The molecule has 0 spiro atoms. The highest BCUT2D eigenvalue weighted by Crippen LogP contribution is 2.67. The van der Waals surface area contributed by atoms with E-state index < -0.39 is 16.8 Å². The number of aliphatic hydroxyl groups is 1. The lowest BCUT2D eigenvalue weighted by atomic mass is 9.64. The van der Waals surface area contributed by atoms with E-state index in [4.69, 9.17) is 16.0 Å². The predicted octanol–water partition coefficient (Wildman–Crippen LogP) is 2.37. The lowest BCUT2D eigenvalue weighted by Crippen LogP contribution is -2.69. The van der Waals surface area contributed by atoms with Crippen LogP contribution in [-0.4, -0.2) is 36.6 Å². The van der Waals surface area contributed by atoms with Gasteiger partial charge in [0.05, 0.1) is 11.7 Å². The van der Waals surface area contributed by atoms with Gasteiger partial charge >= 0.3 is 0 Å². The van der Waals surface area contributed by atoms with Gasteiger partial charge in [-0.15, -0.1) is 0 Å². The maximum atomic E-state index is 7.43. The number of ether oxygens (including phenoxy) is 2. The Morgan fingerprint density at radius 2 is 2.00 bits per heavy atom.